The number of rotatable bonds is 3. The van der Waals surface area contributed by atoms with Crippen LogP contribution in [0.1, 0.15) is 38.8 Å². The molecule has 1 aliphatic rings. The van der Waals surface area contributed by atoms with E-state index in [0.29, 0.717) is 5.75 Å². The topological polar surface area (TPSA) is 53.7 Å². The zero-order valence-electron chi connectivity index (χ0n) is 15.8. The summed E-state index contributed by atoms with van der Waals surface area (Å²) in [6.07, 6.45) is 0. The van der Waals surface area contributed by atoms with Crippen LogP contribution in [0.3, 0.4) is 0 Å². The zero-order valence-corrected chi connectivity index (χ0v) is 15.8. The van der Waals surface area contributed by atoms with Gasteiger partial charge in [-0.1, -0.05) is 12.1 Å². The van der Waals surface area contributed by atoms with Gasteiger partial charge in [0.2, 0.25) is 0 Å². The van der Waals surface area contributed by atoms with E-state index in [2.05, 4.69) is 33.8 Å². The summed E-state index contributed by atoms with van der Waals surface area (Å²) >= 11 is 0. The summed E-state index contributed by atoms with van der Waals surface area (Å²) < 4.78 is 18.3. The first-order valence-electron chi connectivity index (χ1n) is 8.59. The normalized spacial score (nSPS) is 18.4. The summed E-state index contributed by atoms with van der Waals surface area (Å²) in [4.78, 5) is 0. The fourth-order valence-corrected chi connectivity index (χ4v) is 2.77. The quantitative estimate of drug-likeness (QED) is 0.679. The number of hydrogen-bond donors (Lipinski definition) is 1. The Kier molecular flexibility index (Phi) is 4.34. The minimum atomic E-state index is -0.407. The van der Waals surface area contributed by atoms with Crippen molar-refractivity contribution in [2.75, 3.05) is 5.73 Å². The van der Waals surface area contributed by atoms with Gasteiger partial charge < -0.3 is 19.8 Å². The molecule has 0 amide bonds. The maximum Gasteiger partial charge on any atom is 0.494 e. The third kappa shape index (κ3) is 3.53. The van der Waals surface area contributed by atoms with Crippen molar-refractivity contribution in [3.63, 3.8) is 0 Å². The highest BCUT2D eigenvalue weighted by Crippen LogP contribution is 2.37. The van der Waals surface area contributed by atoms with Crippen LogP contribution in [0.4, 0.5) is 5.69 Å². The van der Waals surface area contributed by atoms with Gasteiger partial charge in [0.15, 0.2) is 0 Å². The molecule has 25 heavy (non-hydrogen) atoms. The van der Waals surface area contributed by atoms with Crippen LogP contribution in [0.25, 0.3) is 0 Å². The fourth-order valence-electron chi connectivity index (χ4n) is 2.77. The van der Waals surface area contributed by atoms with E-state index in [9.17, 15) is 0 Å². The Hall–Kier alpha value is -1.98. The Balaban J connectivity index is 1.87. The molecule has 0 aromatic heterocycles. The Labute approximate surface area is 150 Å². The molecule has 132 valence electrons. The van der Waals surface area contributed by atoms with Gasteiger partial charge in [0, 0.05) is 11.8 Å². The van der Waals surface area contributed by atoms with Crippen LogP contribution in [0.5, 0.6) is 11.5 Å². The SMILES string of the molecule is Cc1cc(Oc2ccc(C)c(N)c2)cc(B2OC(C)(C)C(C)(C)O2)c1. The Morgan fingerprint density at radius 2 is 1.52 bits per heavy atom. The number of aryl methyl sites for hydroxylation is 2. The van der Waals surface area contributed by atoms with Gasteiger partial charge in [-0.2, -0.15) is 0 Å². The van der Waals surface area contributed by atoms with Crippen molar-refractivity contribution >= 4 is 18.3 Å². The van der Waals surface area contributed by atoms with Gasteiger partial charge >= 0.3 is 7.12 Å². The Bertz CT molecular complexity index is 786. The molecule has 5 heteroatoms. The number of anilines is 1. The number of nitrogen functional groups attached to an aromatic ring is 1. The van der Waals surface area contributed by atoms with Crippen molar-refractivity contribution in [3.05, 3.63) is 47.5 Å². The lowest BCUT2D eigenvalue weighted by atomic mass is 9.78. The first-order chi connectivity index (χ1) is 11.6. The van der Waals surface area contributed by atoms with Gasteiger partial charge in [0.1, 0.15) is 11.5 Å². The van der Waals surface area contributed by atoms with E-state index in [0.717, 1.165) is 28.0 Å². The Morgan fingerprint density at radius 1 is 0.880 bits per heavy atom. The lowest BCUT2D eigenvalue weighted by Gasteiger charge is -2.32. The monoisotopic (exact) mass is 339 g/mol. The van der Waals surface area contributed by atoms with Crippen LogP contribution in [-0.4, -0.2) is 18.3 Å². The molecule has 0 atom stereocenters. The van der Waals surface area contributed by atoms with Crippen LogP contribution in [-0.2, 0) is 9.31 Å². The highest BCUT2D eigenvalue weighted by molar-refractivity contribution is 6.62. The predicted molar refractivity (Wildman–Crippen MR) is 103 cm³/mol. The molecule has 2 aromatic rings. The summed E-state index contributed by atoms with van der Waals surface area (Å²) in [5.41, 5.74) is 9.03. The molecule has 1 fully saturated rings. The maximum atomic E-state index is 6.15. The molecule has 1 saturated heterocycles. The molecular formula is C20H26BNO3. The average molecular weight is 339 g/mol. The van der Waals surface area contributed by atoms with Crippen LogP contribution in [0.2, 0.25) is 0 Å². The minimum absolute atomic E-state index is 0.367. The van der Waals surface area contributed by atoms with Gasteiger partial charge in [-0.05, 0) is 76.3 Å². The zero-order chi connectivity index (χ0) is 18.4. The maximum absolute atomic E-state index is 6.15. The second-order valence-electron chi connectivity index (χ2n) is 7.79. The van der Waals surface area contributed by atoms with Crippen LogP contribution < -0.4 is 15.9 Å². The second-order valence-corrected chi connectivity index (χ2v) is 7.79. The lowest BCUT2D eigenvalue weighted by Crippen LogP contribution is -2.41. The molecule has 2 aromatic carbocycles. The van der Waals surface area contributed by atoms with Gasteiger partial charge in [-0.15, -0.1) is 0 Å². The summed E-state index contributed by atoms with van der Waals surface area (Å²) in [5, 5.41) is 0. The van der Waals surface area contributed by atoms with Crippen molar-refractivity contribution in [1.82, 2.24) is 0 Å². The molecule has 4 nitrogen and oxygen atoms in total. The molecule has 0 spiro atoms. The highest BCUT2D eigenvalue weighted by atomic mass is 16.7. The van der Waals surface area contributed by atoms with Crippen molar-refractivity contribution in [3.8, 4) is 11.5 Å². The summed E-state index contributed by atoms with van der Waals surface area (Å²) in [6.45, 7) is 12.2. The molecule has 1 aliphatic heterocycles. The first kappa shape index (κ1) is 17.8. The van der Waals surface area contributed by atoms with Gasteiger partial charge in [-0.25, -0.2) is 0 Å². The van der Waals surface area contributed by atoms with Crippen molar-refractivity contribution in [2.24, 2.45) is 0 Å². The van der Waals surface area contributed by atoms with E-state index in [-0.39, 0.29) is 11.2 Å². The van der Waals surface area contributed by atoms with Gasteiger partial charge in [0.25, 0.3) is 0 Å². The van der Waals surface area contributed by atoms with E-state index in [1.54, 1.807) is 0 Å². The lowest BCUT2D eigenvalue weighted by molar-refractivity contribution is 0.00578. The number of hydrogen-bond acceptors (Lipinski definition) is 4. The Morgan fingerprint density at radius 3 is 2.12 bits per heavy atom. The third-order valence-corrected chi connectivity index (χ3v) is 5.09. The van der Waals surface area contributed by atoms with Crippen LogP contribution >= 0.6 is 0 Å². The smallest absolute Gasteiger partial charge is 0.457 e. The van der Waals surface area contributed by atoms with Crippen molar-refractivity contribution in [2.45, 2.75) is 52.7 Å². The van der Waals surface area contributed by atoms with Gasteiger partial charge in [-0.3, -0.25) is 0 Å². The second kappa shape index (κ2) is 6.08. The molecule has 0 radical (unpaired) electrons. The molecular weight excluding hydrogens is 313 g/mol. The van der Waals surface area contributed by atoms with Crippen LogP contribution in [0, 0.1) is 13.8 Å². The minimum Gasteiger partial charge on any atom is -0.457 e. The molecule has 1 heterocycles. The summed E-state index contributed by atoms with van der Waals surface area (Å²) in [5.74, 6) is 1.46. The molecule has 0 saturated carbocycles. The molecule has 2 N–H and O–H groups in total. The number of nitrogens with two attached hydrogens (primary N) is 1. The van der Waals surface area contributed by atoms with E-state index < -0.39 is 7.12 Å². The number of ether oxygens (including phenoxy) is 1. The average Bonchev–Trinajstić information content (AvgIpc) is 2.71. The van der Waals surface area contributed by atoms with E-state index >= 15 is 0 Å². The summed E-state index contributed by atoms with van der Waals surface area (Å²) in [6, 6.07) is 11.7. The molecule has 0 bridgehead atoms. The van der Waals surface area contributed by atoms with Gasteiger partial charge in [0.05, 0.1) is 11.2 Å². The van der Waals surface area contributed by atoms with E-state index in [1.165, 1.54) is 0 Å². The fraction of sp³-hybridized carbons (Fsp3) is 0.400. The van der Waals surface area contributed by atoms with Crippen molar-refractivity contribution < 1.29 is 14.0 Å². The largest absolute Gasteiger partial charge is 0.494 e. The number of benzene rings is 2. The van der Waals surface area contributed by atoms with Crippen molar-refractivity contribution in [1.29, 1.82) is 0 Å². The summed E-state index contributed by atoms with van der Waals surface area (Å²) in [7, 11) is -0.407. The predicted octanol–water partition coefficient (Wildman–Crippen LogP) is 3.98. The first-order valence-corrected chi connectivity index (χ1v) is 8.59. The van der Waals surface area contributed by atoms with E-state index in [1.807, 2.05) is 44.2 Å². The molecule has 0 aliphatic carbocycles. The van der Waals surface area contributed by atoms with E-state index in [4.69, 9.17) is 19.8 Å². The standard InChI is InChI=1S/C20H26BNO3/c1-13-9-15(21-24-19(3,4)20(5,6)25-21)11-17(10-13)23-16-8-7-14(2)18(22)12-16/h7-12H,22H2,1-6H3. The molecule has 0 unspecified atom stereocenters. The van der Waals surface area contributed by atoms with Crippen LogP contribution in [0.15, 0.2) is 36.4 Å². The molecule has 3 rings (SSSR count). The highest BCUT2D eigenvalue weighted by Gasteiger charge is 2.51. The third-order valence-electron chi connectivity index (χ3n) is 5.09.